The lowest BCUT2D eigenvalue weighted by Crippen LogP contribution is -2.48. The lowest BCUT2D eigenvalue weighted by atomic mass is 9.97. The number of rotatable bonds is 3. The summed E-state index contributed by atoms with van der Waals surface area (Å²) in [6.45, 7) is 3.87. The maximum atomic E-state index is 12.8. The Balaban J connectivity index is 2.29. The fourth-order valence-corrected chi connectivity index (χ4v) is 3.13. The van der Waals surface area contributed by atoms with Gasteiger partial charge in [0.15, 0.2) is 0 Å². The van der Waals surface area contributed by atoms with Crippen LogP contribution in [-0.4, -0.2) is 9.55 Å². The summed E-state index contributed by atoms with van der Waals surface area (Å²) in [4.78, 5) is 27.7. The highest BCUT2D eigenvalue weighted by atomic mass is 35.5. The van der Waals surface area contributed by atoms with Gasteiger partial charge in [-0.1, -0.05) is 41.9 Å². The molecule has 1 saturated carbocycles. The van der Waals surface area contributed by atoms with Crippen molar-refractivity contribution in [2.75, 3.05) is 0 Å². The smallest absolute Gasteiger partial charge is 0.297 e. The van der Waals surface area contributed by atoms with Crippen LogP contribution in [0.2, 0.25) is 5.15 Å². The van der Waals surface area contributed by atoms with Crippen LogP contribution in [0.1, 0.15) is 26.7 Å². The third-order valence-electron chi connectivity index (χ3n) is 4.27. The van der Waals surface area contributed by atoms with E-state index < -0.39 is 11.2 Å². The molecule has 1 aromatic heterocycles. The molecule has 1 fully saturated rings. The SMILES string of the molecule is CC(C)(C1CC1)n1c(=O)[nH]c(Cl)c(-c2ccccc2)c1=O. The summed E-state index contributed by atoms with van der Waals surface area (Å²) in [5.41, 5.74) is -0.207. The molecule has 0 spiro atoms. The zero-order valence-electron chi connectivity index (χ0n) is 12.0. The van der Waals surface area contributed by atoms with Crippen molar-refractivity contribution in [1.82, 2.24) is 9.55 Å². The largest absolute Gasteiger partial charge is 0.330 e. The van der Waals surface area contributed by atoms with Gasteiger partial charge < -0.3 is 0 Å². The van der Waals surface area contributed by atoms with Crippen molar-refractivity contribution in [2.45, 2.75) is 32.2 Å². The van der Waals surface area contributed by atoms with Gasteiger partial charge in [-0.05, 0) is 38.2 Å². The minimum atomic E-state index is -0.501. The van der Waals surface area contributed by atoms with Gasteiger partial charge in [-0.25, -0.2) is 4.79 Å². The summed E-state index contributed by atoms with van der Waals surface area (Å²) >= 11 is 6.12. The highest BCUT2D eigenvalue weighted by Gasteiger charge is 2.41. The van der Waals surface area contributed by atoms with Crippen LogP contribution in [0.4, 0.5) is 0 Å². The number of nitrogens with zero attached hydrogens (tertiary/aromatic N) is 1. The van der Waals surface area contributed by atoms with Gasteiger partial charge in [0.25, 0.3) is 5.56 Å². The third-order valence-corrected chi connectivity index (χ3v) is 4.55. The molecule has 1 aliphatic carbocycles. The first kappa shape index (κ1) is 14.1. The predicted molar refractivity (Wildman–Crippen MR) is 83.8 cm³/mol. The Labute approximate surface area is 127 Å². The van der Waals surface area contributed by atoms with Crippen LogP contribution < -0.4 is 11.2 Å². The molecule has 0 saturated heterocycles. The first-order chi connectivity index (χ1) is 9.93. The minimum absolute atomic E-state index is 0.0963. The van der Waals surface area contributed by atoms with Gasteiger partial charge in [0.05, 0.1) is 5.56 Å². The fourth-order valence-electron chi connectivity index (χ4n) is 2.86. The summed E-state index contributed by atoms with van der Waals surface area (Å²) in [5, 5.41) is 0.0963. The maximum absolute atomic E-state index is 12.8. The average molecular weight is 305 g/mol. The Morgan fingerprint density at radius 2 is 1.81 bits per heavy atom. The van der Waals surface area contributed by atoms with Crippen LogP contribution in [-0.2, 0) is 5.54 Å². The summed E-state index contributed by atoms with van der Waals surface area (Å²) in [6.07, 6.45) is 2.09. The number of aromatic nitrogens is 2. The van der Waals surface area contributed by atoms with Crippen molar-refractivity contribution in [3.8, 4) is 11.1 Å². The van der Waals surface area contributed by atoms with Crippen molar-refractivity contribution < 1.29 is 0 Å². The predicted octanol–water partition coefficient (Wildman–Crippen LogP) is 3.00. The maximum Gasteiger partial charge on any atom is 0.330 e. The van der Waals surface area contributed by atoms with Crippen LogP contribution in [0.3, 0.4) is 0 Å². The van der Waals surface area contributed by atoms with Crippen LogP contribution in [0.15, 0.2) is 39.9 Å². The molecular weight excluding hydrogens is 288 g/mol. The van der Waals surface area contributed by atoms with Gasteiger partial charge in [0.2, 0.25) is 0 Å². The quantitative estimate of drug-likeness (QED) is 0.886. The molecule has 2 aromatic rings. The number of hydrogen-bond acceptors (Lipinski definition) is 2. The van der Waals surface area contributed by atoms with E-state index in [1.54, 1.807) is 0 Å². The minimum Gasteiger partial charge on any atom is -0.297 e. The van der Waals surface area contributed by atoms with E-state index in [9.17, 15) is 9.59 Å². The average Bonchev–Trinajstić information content (AvgIpc) is 3.23. The Kier molecular flexibility index (Phi) is 3.29. The first-order valence-electron chi connectivity index (χ1n) is 7.03. The lowest BCUT2D eigenvalue weighted by molar-refractivity contribution is 0.283. The molecule has 5 heteroatoms. The van der Waals surface area contributed by atoms with Crippen molar-refractivity contribution in [3.63, 3.8) is 0 Å². The zero-order valence-corrected chi connectivity index (χ0v) is 12.8. The molecule has 0 atom stereocenters. The van der Waals surface area contributed by atoms with Crippen LogP contribution in [0.25, 0.3) is 11.1 Å². The summed E-state index contributed by atoms with van der Waals surface area (Å²) in [5.74, 6) is 0.362. The number of hydrogen-bond donors (Lipinski definition) is 1. The lowest BCUT2D eigenvalue weighted by Gasteiger charge is -2.27. The summed E-state index contributed by atoms with van der Waals surface area (Å²) in [6, 6.07) is 9.18. The molecule has 0 bridgehead atoms. The molecule has 0 aliphatic heterocycles. The van der Waals surface area contributed by atoms with Gasteiger partial charge in [-0.3, -0.25) is 14.3 Å². The Morgan fingerprint density at radius 1 is 1.19 bits per heavy atom. The van der Waals surface area contributed by atoms with Crippen molar-refractivity contribution >= 4 is 11.6 Å². The second-order valence-corrected chi connectivity index (χ2v) is 6.43. The van der Waals surface area contributed by atoms with Gasteiger partial charge in [-0.2, -0.15) is 0 Å². The van der Waals surface area contributed by atoms with Gasteiger partial charge in [-0.15, -0.1) is 0 Å². The van der Waals surface area contributed by atoms with Crippen LogP contribution in [0, 0.1) is 5.92 Å². The molecule has 21 heavy (non-hydrogen) atoms. The van der Waals surface area contributed by atoms with Crippen molar-refractivity contribution in [2.24, 2.45) is 5.92 Å². The second-order valence-electron chi connectivity index (χ2n) is 6.05. The molecular formula is C16H17ClN2O2. The highest BCUT2D eigenvalue weighted by molar-refractivity contribution is 6.32. The molecule has 1 heterocycles. The topological polar surface area (TPSA) is 54.9 Å². The molecule has 3 rings (SSSR count). The normalized spacial score (nSPS) is 15.2. The van der Waals surface area contributed by atoms with E-state index in [0.717, 1.165) is 12.8 Å². The highest BCUT2D eigenvalue weighted by Crippen LogP contribution is 2.42. The molecule has 0 radical (unpaired) electrons. The van der Waals surface area contributed by atoms with Crippen LogP contribution in [0.5, 0.6) is 0 Å². The molecule has 1 aromatic carbocycles. The summed E-state index contributed by atoms with van der Waals surface area (Å²) < 4.78 is 1.32. The van der Waals surface area contributed by atoms with E-state index in [0.29, 0.717) is 17.0 Å². The molecule has 110 valence electrons. The Bertz CT molecular complexity index is 786. The second kappa shape index (κ2) is 4.88. The molecule has 1 aliphatic rings. The first-order valence-corrected chi connectivity index (χ1v) is 7.41. The van der Waals surface area contributed by atoms with E-state index in [2.05, 4.69) is 4.98 Å². The standard InChI is InChI=1S/C16H17ClN2O2/c1-16(2,11-8-9-11)19-14(20)12(13(17)18-15(19)21)10-6-4-3-5-7-10/h3-7,11H,8-9H2,1-2H3,(H,18,21). The van der Waals surface area contributed by atoms with E-state index in [-0.39, 0.29) is 10.7 Å². The zero-order chi connectivity index (χ0) is 15.2. The van der Waals surface area contributed by atoms with Crippen molar-refractivity contribution in [3.05, 3.63) is 56.3 Å². The van der Waals surface area contributed by atoms with Crippen LogP contribution >= 0.6 is 11.6 Å². The number of aromatic amines is 1. The van der Waals surface area contributed by atoms with E-state index in [1.807, 2.05) is 44.2 Å². The molecule has 0 amide bonds. The Morgan fingerprint density at radius 3 is 2.38 bits per heavy atom. The number of nitrogens with one attached hydrogen (secondary N) is 1. The molecule has 0 unspecified atom stereocenters. The monoisotopic (exact) mass is 304 g/mol. The van der Waals surface area contributed by atoms with E-state index in [4.69, 9.17) is 11.6 Å². The van der Waals surface area contributed by atoms with Gasteiger partial charge in [0.1, 0.15) is 5.15 Å². The van der Waals surface area contributed by atoms with Gasteiger partial charge >= 0.3 is 5.69 Å². The number of benzene rings is 1. The molecule has 1 N–H and O–H groups in total. The van der Waals surface area contributed by atoms with E-state index >= 15 is 0 Å². The van der Waals surface area contributed by atoms with E-state index in [1.165, 1.54) is 4.57 Å². The fraction of sp³-hybridized carbons (Fsp3) is 0.375. The summed E-state index contributed by atoms with van der Waals surface area (Å²) in [7, 11) is 0. The number of halogens is 1. The third kappa shape index (κ3) is 2.33. The molecule has 4 nitrogen and oxygen atoms in total. The van der Waals surface area contributed by atoms with Crippen molar-refractivity contribution in [1.29, 1.82) is 0 Å². The van der Waals surface area contributed by atoms with Gasteiger partial charge in [0, 0.05) is 5.54 Å². The number of H-pyrrole nitrogens is 1. The Hall–Kier alpha value is -1.81.